The van der Waals surface area contributed by atoms with Crippen LogP contribution in [0.2, 0.25) is 0 Å². The minimum Gasteiger partial charge on any atom is -0.493 e. The molecule has 2 aliphatic rings. The Morgan fingerprint density at radius 1 is 1.07 bits per heavy atom. The lowest BCUT2D eigenvalue weighted by atomic mass is 10.1. The molecule has 0 saturated carbocycles. The van der Waals surface area contributed by atoms with Gasteiger partial charge in [0, 0.05) is 39.1 Å². The second kappa shape index (κ2) is 8.76. The van der Waals surface area contributed by atoms with E-state index in [0.29, 0.717) is 6.54 Å². The van der Waals surface area contributed by atoms with Crippen LogP contribution in [0.1, 0.15) is 29.7 Å². The lowest BCUT2D eigenvalue weighted by Crippen LogP contribution is -2.49. The molecule has 0 radical (unpaired) electrons. The molecule has 1 atom stereocenters. The van der Waals surface area contributed by atoms with Crippen LogP contribution in [0.25, 0.3) is 0 Å². The number of hydrogen-bond donors (Lipinski definition) is 1. The molecule has 1 N–H and O–H groups in total. The third-order valence-electron chi connectivity index (χ3n) is 5.67. The fourth-order valence-corrected chi connectivity index (χ4v) is 4.02. The summed E-state index contributed by atoms with van der Waals surface area (Å²) in [7, 11) is 0. The summed E-state index contributed by atoms with van der Waals surface area (Å²) in [6.45, 7) is 8.14. The molecule has 2 aromatic rings. The van der Waals surface area contributed by atoms with Gasteiger partial charge in [-0.05, 0) is 29.7 Å². The average Bonchev–Trinajstić information content (AvgIpc) is 3.18. The summed E-state index contributed by atoms with van der Waals surface area (Å²) in [5.41, 5.74) is 3.83. The van der Waals surface area contributed by atoms with E-state index in [1.165, 1.54) is 11.1 Å². The largest absolute Gasteiger partial charge is 0.493 e. The topological polar surface area (TPSA) is 44.8 Å². The monoisotopic (exact) mass is 379 g/mol. The molecule has 2 aliphatic heterocycles. The Morgan fingerprint density at radius 2 is 1.82 bits per heavy atom. The number of hydrogen-bond acceptors (Lipinski definition) is 4. The summed E-state index contributed by atoms with van der Waals surface area (Å²) >= 11 is 0. The number of rotatable bonds is 6. The van der Waals surface area contributed by atoms with Crippen LogP contribution in [0.5, 0.6) is 5.75 Å². The molecular formula is C23H29N3O2. The van der Waals surface area contributed by atoms with Crippen LogP contribution < -0.4 is 10.1 Å². The van der Waals surface area contributed by atoms with E-state index >= 15 is 0 Å². The number of piperazine rings is 1. The molecule has 0 aromatic heterocycles. The Hall–Kier alpha value is -2.37. The minimum atomic E-state index is 0.0405. The predicted molar refractivity (Wildman–Crippen MR) is 110 cm³/mol. The van der Waals surface area contributed by atoms with Gasteiger partial charge in [-0.25, -0.2) is 0 Å². The molecule has 5 heteroatoms. The Balaban J connectivity index is 1.21. The molecule has 4 rings (SSSR count). The van der Waals surface area contributed by atoms with Crippen molar-refractivity contribution in [2.75, 3.05) is 39.3 Å². The molecule has 0 unspecified atom stereocenters. The van der Waals surface area contributed by atoms with Crippen molar-refractivity contribution in [1.29, 1.82) is 0 Å². The van der Waals surface area contributed by atoms with E-state index in [-0.39, 0.29) is 11.9 Å². The smallest absolute Gasteiger partial charge is 0.234 e. The quantitative estimate of drug-likeness (QED) is 0.838. The number of nitrogens with zero attached hydrogens (tertiary/aromatic N) is 2. The van der Waals surface area contributed by atoms with Crippen molar-refractivity contribution in [3.05, 3.63) is 65.2 Å². The van der Waals surface area contributed by atoms with Crippen LogP contribution in [0, 0.1) is 0 Å². The van der Waals surface area contributed by atoms with Crippen molar-refractivity contribution in [2.45, 2.75) is 25.9 Å². The zero-order chi connectivity index (χ0) is 19.3. The highest BCUT2D eigenvalue weighted by atomic mass is 16.5. The van der Waals surface area contributed by atoms with Crippen molar-refractivity contribution in [1.82, 2.24) is 15.1 Å². The standard InChI is InChI=1S/C23H29N3O2/c1-18(20-5-3-2-4-6-20)24-23(27)17-26-12-10-25(11-13-26)16-19-7-8-22-21(15-19)9-14-28-22/h2-8,15,18H,9-14,16-17H2,1H3,(H,24,27)/t18-/m1/s1. The average molecular weight is 380 g/mol. The molecule has 0 spiro atoms. The van der Waals surface area contributed by atoms with E-state index in [0.717, 1.165) is 57.1 Å². The van der Waals surface area contributed by atoms with E-state index in [4.69, 9.17) is 4.74 Å². The second-order valence-electron chi connectivity index (χ2n) is 7.79. The van der Waals surface area contributed by atoms with Gasteiger partial charge in [-0.15, -0.1) is 0 Å². The van der Waals surface area contributed by atoms with Gasteiger partial charge >= 0.3 is 0 Å². The highest BCUT2D eigenvalue weighted by Gasteiger charge is 2.20. The van der Waals surface area contributed by atoms with Gasteiger partial charge in [0.2, 0.25) is 5.91 Å². The maximum atomic E-state index is 12.4. The lowest BCUT2D eigenvalue weighted by molar-refractivity contribution is -0.123. The second-order valence-corrected chi connectivity index (χ2v) is 7.79. The molecule has 1 amide bonds. The van der Waals surface area contributed by atoms with E-state index < -0.39 is 0 Å². The first-order valence-electron chi connectivity index (χ1n) is 10.2. The van der Waals surface area contributed by atoms with Gasteiger partial charge in [0.05, 0.1) is 19.2 Å². The number of amides is 1. The molecule has 0 aliphatic carbocycles. The summed E-state index contributed by atoms with van der Waals surface area (Å²) in [6, 6.07) is 16.7. The van der Waals surface area contributed by atoms with Gasteiger partial charge in [0.25, 0.3) is 0 Å². The maximum absolute atomic E-state index is 12.4. The van der Waals surface area contributed by atoms with Gasteiger partial charge in [-0.1, -0.05) is 42.5 Å². The first-order valence-corrected chi connectivity index (χ1v) is 10.2. The molecule has 0 bridgehead atoms. The molecule has 1 saturated heterocycles. The van der Waals surface area contributed by atoms with Crippen molar-refractivity contribution < 1.29 is 9.53 Å². The van der Waals surface area contributed by atoms with Crippen molar-refractivity contribution in [2.24, 2.45) is 0 Å². The van der Waals surface area contributed by atoms with Gasteiger partial charge < -0.3 is 10.1 Å². The van der Waals surface area contributed by atoms with Crippen LogP contribution in [0.3, 0.4) is 0 Å². The van der Waals surface area contributed by atoms with Gasteiger partial charge in [0.1, 0.15) is 5.75 Å². The third kappa shape index (κ3) is 4.72. The van der Waals surface area contributed by atoms with E-state index in [9.17, 15) is 4.79 Å². The highest BCUT2D eigenvalue weighted by molar-refractivity contribution is 5.78. The number of fused-ring (bicyclic) bond motifs is 1. The summed E-state index contributed by atoms with van der Waals surface area (Å²) in [5, 5.41) is 3.11. The summed E-state index contributed by atoms with van der Waals surface area (Å²) < 4.78 is 5.59. The summed E-state index contributed by atoms with van der Waals surface area (Å²) in [5.74, 6) is 1.15. The van der Waals surface area contributed by atoms with Crippen LogP contribution in [-0.4, -0.2) is 55.0 Å². The van der Waals surface area contributed by atoms with Crippen LogP contribution in [0.15, 0.2) is 48.5 Å². The highest BCUT2D eigenvalue weighted by Crippen LogP contribution is 2.26. The summed E-state index contributed by atoms with van der Waals surface area (Å²) in [4.78, 5) is 17.1. The number of nitrogens with one attached hydrogen (secondary N) is 1. The zero-order valence-electron chi connectivity index (χ0n) is 16.6. The SMILES string of the molecule is C[C@@H](NC(=O)CN1CCN(Cc2ccc3c(c2)CCO3)CC1)c1ccccc1. The molecule has 2 aromatic carbocycles. The Labute approximate surface area is 167 Å². The minimum absolute atomic E-state index is 0.0405. The van der Waals surface area contributed by atoms with Crippen LogP contribution in [0.4, 0.5) is 0 Å². The number of carbonyl (C=O) groups is 1. The first-order chi connectivity index (χ1) is 13.7. The van der Waals surface area contributed by atoms with Crippen molar-refractivity contribution in [3.8, 4) is 5.75 Å². The first kappa shape index (κ1) is 19.0. The Bertz CT molecular complexity index is 801. The fraction of sp³-hybridized carbons (Fsp3) is 0.435. The van der Waals surface area contributed by atoms with Crippen molar-refractivity contribution in [3.63, 3.8) is 0 Å². The lowest BCUT2D eigenvalue weighted by Gasteiger charge is -2.34. The Morgan fingerprint density at radius 3 is 2.61 bits per heavy atom. The number of ether oxygens (including phenoxy) is 1. The van der Waals surface area contributed by atoms with Gasteiger partial charge in [-0.3, -0.25) is 14.6 Å². The Kier molecular flexibility index (Phi) is 5.93. The number of benzene rings is 2. The number of carbonyl (C=O) groups excluding carboxylic acids is 1. The molecule has 28 heavy (non-hydrogen) atoms. The van der Waals surface area contributed by atoms with Gasteiger partial charge in [0.15, 0.2) is 0 Å². The molecule has 148 valence electrons. The van der Waals surface area contributed by atoms with E-state index in [1.807, 2.05) is 25.1 Å². The van der Waals surface area contributed by atoms with Crippen LogP contribution in [-0.2, 0) is 17.8 Å². The normalized spacial score (nSPS) is 18.3. The van der Waals surface area contributed by atoms with E-state index in [1.54, 1.807) is 0 Å². The molecular weight excluding hydrogens is 350 g/mol. The van der Waals surface area contributed by atoms with Gasteiger partial charge in [-0.2, -0.15) is 0 Å². The predicted octanol–water partition coefficient (Wildman–Crippen LogP) is 2.62. The molecule has 2 heterocycles. The summed E-state index contributed by atoms with van der Waals surface area (Å²) in [6.07, 6.45) is 1.02. The van der Waals surface area contributed by atoms with Crippen LogP contribution >= 0.6 is 0 Å². The molecule has 5 nitrogen and oxygen atoms in total. The zero-order valence-corrected chi connectivity index (χ0v) is 16.6. The third-order valence-corrected chi connectivity index (χ3v) is 5.67. The van der Waals surface area contributed by atoms with Crippen molar-refractivity contribution >= 4 is 5.91 Å². The maximum Gasteiger partial charge on any atom is 0.234 e. The molecule has 1 fully saturated rings. The van der Waals surface area contributed by atoms with E-state index in [2.05, 4.69) is 45.4 Å². The fourth-order valence-electron chi connectivity index (χ4n) is 4.02.